The number of aromatic amines is 1. The third-order valence-corrected chi connectivity index (χ3v) is 5.49. The van der Waals surface area contributed by atoms with Crippen LogP contribution in [0, 0.1) is 6.92 Å². The number of halogens is 1. The first-order chi connectivity index (χ1) is 14.6. The Morgan fingerprint density at radius 2 is 1.90 bits per heavy atom. The van der Waals surface area contributed by atoms with Crippen molar-refractivity contribution in [3.8, 4) is 0 Å². The quantitative estimate of drug-likeness (QED) is 0.555. The first kappa shape index (κ1) is 20.2. The van der Waals surface area contributed by atoms with E-state index in [2.05, 4.69) is 30.7 Å². The Kier molecular flexibility index (Phi) is 6.18. The van der Waals surface area contributed by atoms with Gasteiger partial charge in [0.05, 0.1) is 10.7 Å². The minimum absolute atomic E-state index is 0.354. The van der Waals surface area contributed by atoms with Crippen molar-refractivity contribution in [1.29, 1.82) is 0 Å². The molecule has 1 unspecified atom stereocenters. The lowest BCUT2D eigenvalue weighted by Gasteiger charge is -2.29. The van der Waals surface area contributed by atoms with Gasteiger partial charge in [0.2, 0.25) is 0 Å². The van der Waals surface area contributed by atoms with Crippen molar-refractivity contribution >= 4 is 29.0 Å². The number of carbonyl (C=O) groups excluding carboxylic acids is 1. The molecule has 1 aliphatic rings. The van der Waals surface area contributed by atoms with Gasteiger partial charge in [-0.25, -0.2) is 9.78 Å². The number of urea groups is 1. The fourth-order valence-corrected chi connectivity index (χ4v) is 4.01. The summed E-state index contributed by atoms with van der Waals surface area (Å²) in [6, 6.07) is 14.4. The number of hydrogen-bond donors (Lipinski definition) is 3. The van der Waals surface area contributed by atoms with Crippen LogP contribution in [0.5, 0.6) is 0 Å². The van der Waals surface area contributed by atoms with Gasteiger partial charge < -0.3 is 15.5 Å². The molecule has 8 heteroatoms. The van der Waals surface area contributed by atoms with Crippen LogP contribution in [-0.2, 0) is 0 Å². The molecular formula is C22H25ClN6O. The number of nitrogens with one attached hydrogen (secondary N) is 3. The number of amides is 2. The summed E-state index contributed by atoms with van der Waals surface area (Å²) in [4.78, 5) is 19.4. The van der Waals surface area contributed by atoms with Gasteiger partial charge in [-0.2, -0.15) is 5.10 Å². The van der Waals surface area contributed by atoms with Gasteiger partial charge in [-0.3, -0.25) is 5.10 Å². The zero-order chi connectivity index (χ0) is 20.9. The lowest BCUT2D eigenvalue weighted by atomic mass is 10.1. The number of nitrogens with zero attached hydrogens (tertiary/aromatic N) is 3. The zero-order valence-corrected chi connectivity index (χ0v) is 17.6. The third kappa shape index (κ3) is 4.74. The summed E-state index contributed by atoms with van der Waals surface area (Å²) >= 11 is 6.51. The van der Waals surface area contributed by atoms with Crippen molar-refractivity contribution in [2.75, 3.05) is 23.3 Å². The van der Waals surface area contributed by atoms with Crippen molar-refractivity contribution in [3.63, 3.8) is 0 Å². The summed E-state index contributed by atoms with van der Waals surface area (Å²) < 4.78 is 0. The fourth-order valence-electron chi connectivity index (χ4n) is 3.71. The number of carbonyl (C=O) groups is 1. The number of rotatable bonds is 5. The summed E-state index contributed by atoms with van der Waals surface area (Å²) in [6.45, 7) is 3.86. The van der Waals surface area contributed by atoms with E-state index in [0.29, 0.717) is 22.4 Å². The lowest BCUT2D eigenvalue weighted by Crippen LogP contribution is -2.34. The van der Waals surface area contributed by atoms with E-state index in [9.17, 15) is 4.79 Å². The van der Waals surface area contributed by atoms with Crippen LogP contribution in [0.4, 0.5) is 16.2 Å². The highest BCUT2D eigenvalue weighted by molar-refractivity contribution is 6.33. The van der Waals surface area contributed by atoms with Crippen molar-refractivity contribution < 1.29 is 4.79 Å². The molecule has 7 nitrogen and oxygen atoms in total. The number of aryl methyl sites for hydroxylation is 1. The van der Waals surface area contributed by atoms with Gasteiger partial charge in [0.25, 0.3) is 0 Å². The molecule has 1 saturated heterocycles. The smallest absolute Gasteiger partial charge is 0.320 e. The molecule has 0 spiro atoms. The molecule has 4 rings (SSSR count). The summed E-state index contributed by atoms with van der Waals surface area (Å²) in [5, 5.41) is 13.5. The van der Waals surface area contributed by atoms with E-state index in [-0.39, 0.29) is 6.03 Å². The Bertz CT molecular complexity index is 1000. The molecule has 1 aliphatic heterocycles. The van der Waals surface area contributed by atoms with Crippen molar-refractivity contribution in [1.82, 2.24) is 20.5 Å². The largest absolute Gasteiger partial charge is 0.370 e. The average Bonchev–Trinajstić information content (AvgIpc) is 3.19. The molecular weight excluding hydrogens is 400 g/mol. The molecule has 3 N–H and O–H groups in total. The molecule has 1 atom stereocenters. The second-order valence-corrected chi connectivity index (χ2v) is 7.84. The Balaban J connectivity index is 1.47. The minimum Gasteiger partial charge on any atom is -0.370 e. The van der Waals surface area contributed by atoms with E-state index in [0.717, 1.165) is 24.3 Å². The maximum absolute atomic E-state index is 12.7. The molecule has 1 aromatic heterocycles. The van der Waals surface area contributed by atoms with Crippen LogP contribution in [0.2, 0.25) is 5.02 Å². The molecule has 2 heterocycles. The van der Waals surface area contributed by atoms with E-state index in [1.54, 1.807) is 6.07 Å². The minimum atomic E-state index is -0.473. The van der Waals surface area contributed by atoms with Crippen LogP contribution in [0.15, 0.2) is 48.5 Å². The standard InChI is InChI=1S/C22H25ClN6O/c1-15-24-21(28-27-15)20(16-8-4-2-5-9-16)26-22(30)25-17-10-11-19(18(23)14-17)29-12-6-3-7-13-29/h2,4-5,8-11,14,20H,3,6-7,12-13H2,1H3,(H,24,27,28)(H2,25,26,30). The summed E-state index contributed by atoms with van der Waals surface area (Å²) in [5.74, 6) is 1.19. The highest BCUT2D eigenvalue weighted by Gasteiger charge is 2.21. The molecule has 2 aromatic carbocycles. The Labute approximate surface area is 180 Å². The summed E-state index contributed by atoms with van der Waals surface area (Å²) in [6.07, 6.45) is 3.63. The number of anilines is 2. The predicted octanol–water partition coefficient (Wildman–Crippen LogP) is 4.67. The Morgan fingerprint density at radius 3 is 2.57 bits per heavy atom. The molecule has 0 radical (unpaired) electrons. The second-order valence-electron chi connectivity index (χ2n) is 7.44. The number of piperidine rings is 1. The van der Waals surface area contributed by atoms with Crippen LogP contribution >= 0.6 is 11.6 Å². The number of H-pyrrole nitrogens is 1. The highest BCUT2D eigenvalue weighted by Crippen LogP contribution is 2.31. The van der Waals surface area contributed by atoms with Gasteiger partial charge in [0.1, 0.15) is 11.9 Å². The zero-order valence-electron chi connectivity index (χ0n) is 16.9. The van der Waals surface area contributed by atoms with Gasteiger partial charge in [0.15, 0.2) is 5.82 Å². The maximum atomic E-state index is 12.7. The first-order valence-corrected chi connectivity index (χ1v) is 10.5. The first-order valence-electron chi connectivity index (χ1n) is 10.2. The highest BCUT2D eigenvalue weighted by atomic mass is 35.5. The third-order valence-electron chi connectivity index (χ3n) is 5.18. The van der Waals surface area contributed by atoms with Gasteiger partial charge in [-0.05, 0) is 49.9 Å². The predicted molar refractivity (Wildman–Crippen MR) is 119 cm³/mol. The normalized spacial score (nSPS) is 14.9. The fraction of sp³-hybridized carbons (Fsp3) is 0.318. The molecule has 2 amide bonds. The van der Waals surface area contributed by atoms with Crippen molar-refractivity contribution in [2.24, 2.45) is 0 Å². The van der Waals surface area contributed by atoms with E-state index in [1.807, 2.05) is 49.4 Å². The molecule has 156 valence electrons. The number of hydrogen-bond acceptors (Lipinski definition) is 4. The van der Waals surface area contributed by atoms with E-state index >= 15 is 0 Å². The molecule has 30 heavy (non-hydrogen) atoms. The van der Waals surface area contributed by atoms with Crippen LogP contribution in [0.3, 0.4) is 0 Å². The number of aromatic nitrogens is 3. The van der Waals surface area contributed by atoms with E-state index in [1.165, 1.54) is 19.3 Å². The van der Waals surface area contributed by atoms with Crippen LogP contribution in [0.1, 0.15) is 42.5 Å². The van der Waals surface area contributed by atoms with Gasteiger partial charge in [-0.15, -0.1) is 0 Å². The van der Waals surface area contributed by atoms with Crippen molar-refractivity contribution in [2.45, 2.75) is 32.2 Å². The monoisotopic (exact) mass is 424 g/mol. The van der Waals surface area contributed by atoms with Gasteiger partial charge in [-0.1, -0.05) is 41.9 Å². The molecule has 0 aliphatic carbocycles. The summed E-state index contributed by atoms with van der Waals surface area (Å²) in [5.41, 5.74) is 2.54. The lowest BCUT2D eigenvalue weighted by molar-refractivity contribution is 0.249. The summed E-state index contributed by atoms with van der Waals surface area (Å²) in [7, 11) is 0. The second kappa shape index (κ2) is 9.17. The molecule has 3 aromatic rings. The van der Waals surface area contributed by atoms with E-state index < -0.39 is 6.04 Å². The topological polar surface area (TPSA) is 85.9 Å². The number of benzene rings is 2. The molecule has 0 bridgehead atoms. The molecule has 0 saturated carbocycles. The average molecular weight is 425 g/mol. The Hall–Kier alpha value is -3.06. The molecule has 1 fully saturated rings. The SMILES string of the molecule is Cc1nc(C(NC(=O)Nc2ccc(N3CCCCC3)c(Cl)c2)c2ccccc2)n[nH]1. The van der Waals surface area contributed by atoms with Crippen LogP contribution in [0.25, 0.3) is 0 Å². The van der Waals surface area contributed by atoms with E-state index in [4.69, 9.17) is 11.6 Å². The van der Waals surface area contributed by atoms with Crippen LogP contribution < -0.4 is 15.5 Å². The van der Waals surface area contributed by atoms with Crippen LogP contribution in [-0.4, -0.2) is 34.3 Å². The van der Waals surface area contributed by atoms with Gasteiger partial charge in [0, 0.05) is 18.8 Å². The van der Waals surface area contributed by atoms with Gasteiger partial charge >= 0.3 is 6.03 Å². The Morgan fingerprint density at radius 1 is 1.13 bits per heavy atom. The van der Waals surface area contributed by atoms with Crippen molar-refractivity contribution in [3.05, 3.63) is 70.8 Å². The maximum Gasteiger partial charge on any atom is 0.320 e.